The summed E-state index contributed by atoms with van der Waals surface area (Å²) in [6, 6.07) is 12.3. The van der Waals surface area contributed by atoms with E-state index in [0.29, 0.717) is 30.2 Å². The second-order valence-electron chi connectivity index (χ2n) is 8.67. The molecule has 1 aliphatic carbocycles. The van der Waals surface area contributed by atoms with Crippen molar-refractivity contribution in [3.8, 4) is 5.75 Å². The van der Waals surface area contributed by atoms with E-state index in [1.54, 1.807) is 48.5 Å². The number of ether oxygens (including phenoxy) is 3. The number of esters is 2. The number of nitrogen functional groups attached to an aromatic ring is 2. The summed E-state index contributed by atoms with van der Waals surface area (Å²) in [6.45, 7) is 4.60. The molecule has 0 saturated heterocycles. The molecule has 0 bridgehead atoms. The largest absolute Gasteiger partial charge is 0.462 e. The summed E-state index contributed by atoms with van der Waals surface area (Å²) in [5.41, 5.74) is 14.4. The fourth-order valence-corrected chi connectivity index (χ4v) is 4.00. The van der Waals surface area contributed by atoms with E-state index in [-0.39, 0.29) is 24.6 Å². The average Bonchev–Trinajstić information content (AvgIpc) is 2.83. The lowest BCUT2D eigenvalue weighted by Crippen LogP contribution is -2.29. The van der Waals surface area contributed by atoms with Crippen molar-refractivity contribution in [2.75, 3.05) is 24.7 Å². The summed E-state index contributed by atoms with van der Waals surface area (Å²) in [5.74, 6) is -0.266. The van der Waals surface area contributed by atoms with E-state index in [1.807, 2.05) is 6.08 Å². The van der Waals surface area contributed by atoms with Crippen LogP contribution in [-0.4, -0.2) is 31.3 Å². The highest BCUT2D eigenvalue weighted by molar-refractivity contribution is 5.87. The summed E-state index contributed by atoms with van der Waals surface area (Å²) >= 11 is 0. The molecule has 1 aliphatic rings. The molecule has 7 heteroatoms. The molecule has 0 spiro atoms. The quantitative estimate of drug-likeness (QED) is 0.120. The lowest BCUT2D eigenvalue weighted by atomic mass is 9.87. The maximum Gasteiger partial charge on any atom is 0.330 e. The summed E-state index contributed by atoms with van der Waals surface area (Å²) < 4.78 is 16.6. The molecule has 3 rings (SSSR count). The van der Waals surface area contributed by atoms with E-state index in [4.69, 9.17) is 25.7 Å². The van der Waals surface area contributed by atoms with Crippen LogP contribution in [0.3, 0.4) is 0 Å². The number of anilines is 2. The highest BCUT2D eigenvalue weighted by atomic mass is 16.5. The van der Waals surface area contributed by atoms with Crippen molar-refractivity contribution in [2.45, 2.75) is 44.6 Å². The molecule has 186 valence electrons. The third-order valence-corrected chi connectivity index (χ3v) is 5.87. The van der Waals surface area contributed by atoms with E-state index in [0.717, 1.165) is 43.2 Å². The fraction of sp³-hybridized carbons (Fsp3) is 0.357. The summed E-state index contributed by atoms with van der Waals surface area (Å²) in [7, 11) is 0. The lowest BCUT2D eigenvalue weighted by Gasteiger charge is -2.27. The Bertz CT molecular complexity index is 1000. The minimum absolute atomic E-state index is 0.104. The first-order chi connectivity index (χ1) is 16.9. The van der Waals surface area contributed by atoms with Gasteiger partial charge >= 0.3 is 11.9 Å². The van der Waals surface area contributed by atoms with E-state index < -0.39 is 5.97 Å². The SMILES string of the molecule is C=CCCOC1CCC(C(=O)Oc2ccc(C=CC(=O)OCCc3cc(N)cc(N)c3)cc2)CC1. The minimum Gasteiger partial charge on any atom is -0.462 e. The van der Waals surface area contributed by atoms with Gasteiger partial charge in [-0.25, -0.2) is 4.79 Å². The van der Waals surface area contributed by atoms with Crippen LogP contribution in [0.1, 0.15) is 43.2 Å². The van der Waals surface area contributed by atoms with Gasteiger partial charge in [0.15, 0.2) is 0 Å². The van der Waals surface area contributed by atoms with Crippen LogP contribution in [0, 0.1) is 5.92 Å². The van der Waals surface area contributed by atoms with Gasteiger partial charge in [0.25, 0.3) is 0 Å². The van der Waals surface area contributed by atoms with E-state index in [2.05, 4.69) is 6.58 Å². The fourth-order valence-electron chi connectivity index (χ4n) is 4.00. The third-order valence-electron chi connectivity index (χ3n) is 5.87. The van der Waals surface area contributed by atoms with Crippen molar-refractivity contribution in [2.24, 2.45) is 5.92 Å². The Morgan fingerprint density at radius 1 is 0.971 bits per heavy atom. The van der Waals surface area contributed by atoms with Gasteiger partial charge in [-0.1, -0.05) is 18.2 Å². The molecule has 1 fully saturated rings. The highest BCUT2D eigenvalue weighted by Crippen LogP contribution is 2.28. The average molecular weight is 479 g/mol. The zero-order valence-electron chi connectivity index (χ0n) is 20.0. The van der Waals surface area contributed by atoms with Crippen LogP contribution in [0.25, 0.3) is 6.08 Å². The van der Waals surface area contributed by atoms with E-state index in [9.17, 15) is 9.59 Å². The Hall–Kier alpha value is -3.58. The molecule has 4 N–H and O–H groups in total. The minimum atomic E-state index is -0.443. The van der Waals surface area contributed by atoms with Gasteiger partial charge in [-0.3, -0.25) is 4.79 Å². The molecule has 0 heterocycles. The van der Waals surface area contributed by atoms with Gasteiger partial charge in [0, 0.05) is 23.9 Å². The predicted octanol–water partition coefficient (Wildman–Crippen LogP) is 4.71. The molecule has 0 atom stereocenters. The molecule has 0 radical (unpaired) electrons. The third kappa shape index (κ3) is 8.94. The Morgan fingerprint density at radius 3 is 2.31 bits per heavy atom. The van der Waals surface area contributed by atoms with Crippen LogP contribution >= 0.6 is 0 Å². The molecule has 2 aromatic carbocycles. The van der Waals surface area contributed by atoms with Gasteiger partial charge in [0.05, 0.1) is 25.2 Å². The monoisotopic (exact) mass is 478 g/mol. The smallest absolute Gasteiger partial charge is 0.330 e. The second kappa shape index (κ2) is 13.3. The Morgan fingerprint density at radius 2 is 1.66 bits per heavy atom. The first kappa shape index (κ1) is 26.0. The van der Waals surface area contributed by atoms with Crippen molar-refractivity contribution in [3.63, 3.8) is 0 Å². The van der Waals surface area contributed by atoms with Crippen molar-refractivity contribution >= 4 is 29.4 Å². The number of hydrogen-bond donors (Lipinski definition) is 2. The van der Waals surface area contributed by atoms with Gasteiger partial charge in [-0.15, -0.1) is 6.58 Å². The molecule has 0 aliphatic heterocycles. The van der Waals surface area contributed by atoms with E-state index >= 15 is 0 Å². The Balaban J connectivity index is 1.38. The van der Waals surface area contributed by atoms with E-state index in [1.165, 1.54) is 6.08 Å². The molecule has 35 heavy (non-hydrogen) atoms. The number of hydrogen-bond acceptors (Lipinski definition) is 7. The topological polar surface area (TPSA) is 114 Å². The van der Waals surface area contributed by atoms with Crippen molar-refractivity contribution in [3.05, 3.63) is 72.3 Å². The molecule has 2 aromatic rings. The van der Waals surface area contributed by atoms with Gasteiger partial charge in [0.2, 0.25) is 0 Å². The molecule has 0 unspecified atom stereocenters. The Kier molecular flexibility index (Phi) is 9.93. The van der Waals surface area contributed by atoms with Crippen LogP contribution in [0.2, 0.25) is 0 Å². The molecular formula is C28H34N2O5. The molecule has 1 saturated carbocycles. The molecule has 0 aromatic heterocycles. The first-order valence-electron chi connectivity index (χ1n) is 12.0. The normalized spacial score (nSPS) is 17.7. The number of carbonyl (C=O) groups is 2. The highest BCUT2D eigenvalue weighted by Gasteiger charge is 2.28. The number of rotatable bonds is 11. The summed E-state index contributed by atoms with van der Waals surface area (Å²) in [4.78, 5) is 24.5. The van der Waals surface area contributed by atoms with Gasteiger partial charge in [-0.2, -0.15) is 0 Å². The van der Waals surface area contributed by atoms with Crippen molar-refractivity contribution in [1.82, 2.24) is 0 Å². The van der Waals surface area contributed by atoms with Crippen LogP contribution in [0.5, 0.6) is 5.75 Å². The van der Waals surface area contributed by atoms with Gasteiger partial charge < -0.3 is 25.7 Å². The molecule has 7 nitrogen and oxygen atoms in total. The number of nitrogens with two attached hydrogens (primary N) is 2. The second-order valence-corrected chi connectivity index (χ2v) is 8.67. The van der Waals surface area contributed by atoms with Crippen molar-refractivity contribution in [1.29, 1.82) is 0 Å². The van der Waals surface area contributed by atoms with Crippen molar-refractivity contribution < 1.29 is 23.8 Å². The standard InChI is InChI=1S/C28H34N2O5/c1-2-3-15-33-25-11-7-22(8-12-25)28(32)35-26-9-4-20(5-10-26)6-13-27(31)34-16-14-21-17-23(29)19-24(30)18-21/h2,4-6,9-10,13,17-19,22,25H,1,3,7-8,11-12,14-16,29-30H2. The molecule has 0 amide bonds. The van der Waals surface area contributed by atoms with Crippen LogP contribution in [0.15, 0.2) is 61.2 Å². The molecular weight excluding hydrogens is 444 g/mol. The first-order valence-corrected chi connectivity index (χ1v) is 12.0. The summed E-state index contributed by atoms with van der Waals surface area (Å²) in [6.07, 6.45) is 9.72. The Labute approximate surface area is 206 Å². The number of benzene rings is 2. The van der Waals surface area contributed by atoms with Crippen LogP contribution in [0.4, 0.5) is 11.4 Å². The maximum absolute atomic E-state index is 12.5. The lowest BCUT2D eigenvalue weighted by molar-refractivity contribution is -0.141. The zero-order chi connectivity index (χ0) is 25.0. The predicted molar refractivity (Wildman–Crippen MR) is 138 cm³/mol. The van der Waals surface area contributed by atoms with Crippen LogP contribution < -0.4 is 16.2 Å². The van der Waals surface area contributed by atoms with Gasteiger partial charge in [-0.05, 0) is 79.6 Å². The maximum atomic E-state index is 12.5. The van der Waals surface area contributed by atoms with Crippen LogP contribution in [-0.2, 0) is 25.5 Å². The van der Waals surface area contributed by atoms with Gasteiger partial charge in [0.1, 0.15) is 5.75 Å². The number of carbonyl (C=O) groups excluding carboxylic acids is 2. The summed E-state index contributed by atoms with van der Waals surface area (Å²) in [5, 5.41) is 0. The zero-order valence-corrected chi connectivity index (χ0v) is 20.0.